The third kappa shape index (κ3) is 5.09. The summed E-state index contributed by atoms with van der Waals surface area (Å²) in [5.74, 6) is 0. The molecule has 0 atom stereocenters. The largest absolute Gasteiger partial charge is 0.310 e. The first-order valence-electron chi connectivity index (χ1n) is 33.9. The number of hydrogen-bond acceptors (Lipinski definition) is 3. The highest BCUT2D eigenvalue weighted by atomic mass is 32.1. The Balaban J connectivity index is 1.37. The second-order valence-corrected chi connectivity index (χ2v) is 14.3. The third-order valence-electron chi connectivity index (χ3n) is 9.25. The van der Waals surface area contributed by atoms with E-state index in [1.54, 1.807) is 0 Å². The van der Waals surface area contributed by atoms with Gasteiger partial charge in [-0.05, 0) is 83.2 Å². The lowest BCUT2D eigenvalue weighted by atomic mass is 9.91. The van der Waals surface area contributed by atoms with Crippen molar-refractivity contribution in [3.8, 4) is 27.9 Å². The molecule has 0 unspecified atom stereocenters. The highest BCUT2D eigenvalue weighted by Gasteiger charge is 2.24. The number of nitrogens with zero attached hydrogens (tertiary/aromatic N) is 2. The first-order valence-corrected chi connectivity index (χ1v) is 18.5. The van der Waals surface area contributed by atoms with Gasteiger partial charge in [0.05, 0.1) is 63.3 Å². The Morgan fingerprint density at radius 1 is 0.379 bits per heavy atom. The minimum absolute atomic E-state index is 0.206. The second kappa shape index (κ2) is 13.3. The summed E-state index contributed by atoms with van der Waals surface area (Å²) in [6.07, 6.45) is 0. The maximum atomic E-state index is 10.4. The highest BCUT2D eigenvalue weighted by molar-refractivity contribution is 7.26. The maximum absolute atomic E-state index is 10.4. The predicted octanol–water partition coefficient (Wildman–Crippen LogP) is 16.3. The molecule has 0 radical (unpaired) electrons. The standard InChI is InChI=1S/C54H34N2S2/c1-3-16-35(17-4-1)55(37-30-31-41-40-22-9-12-26-46(40)56(48(41)34-37)36-18-5-2-6-19-36)47-33-32-43(54-53(47)45-24-11-14-28-50(45)58-54)39-21-8-7-20-38(39)42-25-15-29-51-52(42)44-23-10-13-27-49(44)57-51/h1-34H/i1D,2D,3D,4D,5D,6D,7D,8D,9D,10D,11D,12D,13D,14D,15D,16D,17D,18D,19D,20D,21D,22D,23D,24D,25D,26D,27D,28D,29D,30D,31D,32D,33D,34D. The number of anilines is 3. The summed E-state index contributed by atoms with van der Waals surface area (Å²) < 4.78 is 312. The molecule has 0 fully saturated rings. The zero-order valence-corrected chi connectivity index (χ0v) is 30.3. The molecule has 4 heteroatoms. The number of aromatic nitrogens is 1. The van der Waals surface area contributed by atoms with Gasteiger partial charge in [0.15, 0.2) is 0 Å². The molecule has 58 heavy (non-hydrogen) atoms. The van der Waals surface area contributed by atoms with Gasteiger partial charge in [-0.1, -0.05) is 139 Å². The van der Waals surface area contributed by atoms with Gasteiger partial charge in [0, 0.05) is 73.7 Å². The van der Waals surface area contributed by atoms with E-state index in [-0.39, 0.29) is 20.2 Å². The Morgan fingerprint density at radius 3 is 1.76 bits per heavy atom. The first kappa shape index (κ1) is 13.8. The zero-order valence-electron chi connectivity index (χ0n) is 62.7. The molecule has 0 N–H and O–H groups in total. The van der Waals surface area contributed by atoms with Crippen molar-refractivity contribution in [1.82, 2.24) is 4.57 Å². The molecule has 272 valence electrons. The van der Waals surface area contributed by atoms with Crippen LogP contribution in [0.2, 0.25) is 0 Å². The molecule has 2 nitrogen and oxygen atoms in total. The highest BCUT2D eigenvalue weighted by Crippen LogP contribution is 2.51. The summed E-state index contributed by atoms with van der Waals surface area (Å²) in [5, 5.41) is -3.44. The van der Waals surface area contributed by atoms with E-state index < -0.39 is 292 Å². The van der Waals surface area contributed by atoms with Gasteiger partial charge in [-0.2, -0.15) is 0 Å². The van der Waals surface area contributed by atoms with Crippen LogP contribution in [0.1, 0.15) is 46.6 Å². The van der Waals surface area contributed by atoms with Crippen LogP contribution in [0.4, 0.5) is 17.1 Å². The number of fused-ring (bicyclic) bond motifs is 9. The van der Waals surface area contributed by atoms with Crippen molar-refractivity contribution in [3.63, 3.8) is 0 Å². The molecule has 0 bridgehead atoms. The molecule has 3 heterocycles. The number of thiophene rings is 2. The van der Waals surface area contributed by atoms with Crippen molar-refractivity contribution >= 4 is 102 Å². The fourth-order valence-electron chi connectivity index (χ4n) is 6.92. The van der Waals surface area contributed by atoms with Crippen LogP contribution in [0.3, 0.4) is 0 Å². The fraction of sp³-hybridized carbons (Fsp3) is 0. The van der Waals surface area contributed by atoms with Gasteiger partial charge >= 0.3 is 0 Å². The smallest absolute Gasteiger partial charge is 0.0667 e. The molecule has 0 saturated heterocycles. The van der Waals surface area contributed by atoms with Crippen molar-refractivity contribution in [1.29, 1.82) is 0 Å². The van der Waals surface area contributed by atoms with E-state index in [2.05, 4.69) is 0 Å². The SMILES string of the molecule is [2H]c1c([2H])c([2H])c(N(c2c([2H])c([2H])c3c4c([2H])c([2H])c([2H])c([2H])c4n(-c4c([2H])c([2H])c([2H])c([2H])c4[2H])c3c2[2H])c2c([2H])c([2H])c(-c3c([2H])c([2H])c([2H])c([2H])c3-c3c([2H])c([2H])c([2H])c4sc5c([2H])c([2H])c([2H])c([2H])c5c34)c3sc4c([2H])c([2H])c([2H])c([2H])c4c23)c([2H])c1[2H]. The second-order valence-electron chi connectivity index (χ2n) is 12.3. The van der Waals surface area contributed by atoms with Gasteiger partial charge in [-0.3, -0.25) is 0 Å². The van der Waals surface area contributed by atoms with Gasteiger partial charge in [-0.15, -0.1) is 22.7 Å². The van der Waals surface area contributed by atoms with Gasteiger partial charge in [-0.25, -0.2) is 0 Å². The van der Waals surface area contributed by atoms with Crippen molar-refractivity contribution in [2.45, 2.75) is 0 Å². The zero-order chi connectivity index (χ0) is 67.7. The van der Waals surface area contributed by atoms with Crippen molar-refractivity contribution in [2.24, 2.45) is 0 Å². The van der Waals surface area contributed by atoms with Crippen LogP contribution in [0.5, 0.6) is 0 Å². The normalized spacial score (nSPS) is 20.0. The molecular formula is C54H34N2S2. The topological polar surface area (TPSA) is 8.17 Å². The summed E-state index contributed by atoms with van der Waals surface area (Å²) in [6, 6.07) is -33.9. The molecule has 3 aromatic heterocycles. The molecule has 0 amide bonds. The quantitative estimate of drug-likeness (QED) is 0.162. The molecule has 9 aromatic carbocycles. The summed E-state index contributed by atoms with van der Waals surface area (Å²) in [6.45, 7) is 0. The average molecular weight is 809 g/mol. The van der Waals surface area contributed by atoms with Crippen LogP contribution in [-0.2, 0) is 0 Å². The molecular weight excluding hydrogens is 741 g/mol. The summed E-state index contributed by atoms with van der Waals surface area (Å²) >= 11 is 0.986. The molecule has 12 aromatic rings. The maximum Gasteiger partial charge on any atom is 0.0667 e. The lowest BCUT2D eigenvalue weighted by molar-refractivity contribution is 1.18. The van der Waals surface area contributed by atoms with Crippen LogP contribution in [0, 0.1) is 0 Å². The van der Waals surface area contributed by atoms with E-state index >= 15 is 0 Å². The van der Waals surface area contributed by atoms with E-state index in [4.69, 9.17) is 28.8 Å². The fourth-order valence-corrected chi connectivity index (χ4v) is 9.01. The van der Waals surface area contributed by atoms with Crippen LogP contribution >= 0.6 is 22.7 Å². The minimum atomic E-state index is -1.28. The molecule has 0 spiro atoms. The van der Waals surface area contributed by atoms with Gasteiger partial charge in [0.1, 0.15) is 0 Å². The van der Waals surface area contributed by atoms with Gasteiger partial charge < -0.3 is 9.47 Å². The Labute approximate surface area is 391 Å². The number of para-hydroxylation sites is 3. The van der Waals surface area contributed by atoms with Gasteiger partial charge in [0.25, 0.3) is 0 Å². The molecule has 0 aliphatic heterocycles. The predicted molar refractivity (Wildman–Crippen MR) is 252 cm³/mol. The molecule has 0 aliphatic rings. The lowest BCUT2D eigenvalue weighted by Crippen LogP contribution is -2.10. The van der Waals surface area contributed by atoms with E-state index in [0.717, 1.165) is 0 Å². The summed E-state index contributed by atoms with van der Waals surface area (Å²) in [4.78, 5) is 0.456. The van der Waals surface area contributed by atoms with E-state index in [1.165, 1.54) is 0 Å². The average Bonchev–Trinajstić information content (AvgIpc) is 1.47. The Bertz CT molecular complexity index is 5480. The molecule has 0 aliphatic carbocycles. The minimum Gasteiger partial charge on any atom is -0.310 e. The van der Waals surface area contributed by atoms with Crippen LogP contribution < -0.4 is 4.90 Å². The molecule has 12 rings (SSSR count). The van der Waals surface area contributed by atoms with Crippen LogP contribution in [-0.4, -0.2) is 4.57 Å². The third-order valence-corrected chi connectivity index (χ3v) is 11.4. The summed E-state index contributed by atoms with van der Waals surface area (Å²) in [5.41, 5.74) is -8.80. The Hall–Kier alpha value is -6.98. The monoisotopic (exact) mass is 808 g/mol. The summed E-state index contributed by atoms with van der Waals surface area (Å²) in [7, 11) is 0. The first-order chi connectivity index (χ1) is 42.9. The molecule has 0 saturated carbocycles. The van der Waals surface area contributed by atoms with Crippen molar-refractivity contribution in [2.75, 3.05) is 4.90 Å². The van der Waals surface area contributed by atoms with Crippen LogP contribution in [0.25, 0.3) is 90.1 Å². The van der Waals surface area contributed by atoms with Crippen molar-refractivity contribution < 1.29 is 46.6 Å². The van der Waals surface area contributed by atoms with Crippen molar-refractivity contribution in [3.05, 3.63) is 205 Å². The Morgan fingerprint density at radius 2 is 0.966 bits per heavy atom. The van der Waals surface area contributed by atoms with Crippen LogP contribution in [0.15, 0.2) is 205 Å². The van der Waals surface area contributed by atoms with E-state index in [1.807, 2.05) is 0 Å². The lowest BCUT2D eigenvalue weighted by Gasteiger charge is -2.27. The van der Waals surface area contributed by atoms with E-state index in [9.17, 15) is 17.8 Å². The van der Waals surface area contributed by atoms with E-state index in [0.29, 0.717) is 32.1 Å². The Kier molecular flexibility index (Phi) is 3.18. The number of benzene rings is 9. The van der Waals surface area contributed by atoms with Gasteiger partial charge in [0.2, 0.25) is 0 Å². The number of hydrogen-bond donors (Lipinski definition) is 0. The number of rotatable bonds is 6.